The highest BCUT2D eigenvalue weighted by molar-refractivity contribution is 7.16. The van der Waals surface area contributed by atoms with Crippen LogP contribution in [-0.2, 0) is 28.9 Å². The number of pyridine rings is 1. The zero-order chi connectivity index (χ0) is 26.9. The Morgan fingerprint density at radius 3 is 2.89 bits per heavy atom. The number of fused-ring (bicyclic) bond motifs is 1. The van der Waals surface area contributed by atoms with Crippen LogP contribution in [0.5, 0.6) is 5.75 Å². The van der Waals surface area contributed by atoms with E-state index >= 15 is 0 Å². The van der Waals surface area contributed by atoms with E-state index < -0.39 is 0 Å². The summed E-state index contributed by atoms with van der Waals surface area (Å²) in [5.74, 6) is 0.781. The standard InChI is InChI=1S/C29H34N4O4S/c1-4-36-23-10-7-8-21(17-23)20(2)16-27(34)32-28-25(18-30-3)24-11-14-33(19-26(24)38-28)29(35)37-15-12-22-9-5-6-13-31-22/h5-10,13,17-18,20H,4,11-12,14-16,19H2,1-3H3,(H,32,34). The van der Waals surface area contributed by atoms with Crippen LogP contribution in [0.15, 0.2) is 53.7 Å². The number of thiophene rings is 1. The average Bonchev–Trinajstić information content (AvgIpc) is 3.25. The molecule has 200 valence electrons. The topological polar surface area (TPSA) is 93.1 Å². The predicted molar refractivity (Wildman–Crippen MR) is 151 cm³/mol. The summed E-state index contributed by atoms with van der Waals surface area (Å²) in [7, 11) is 1.72. The van der Waals surface area contributed by atoms with Crippen molar-refractivity contribution in [2.75, 3.05) is 32.1 Å². The fraction of sp³-hybridized carbons (Fsp3) is 0.379. The van der Waals surface area contributed by atoms with Gasteiger partial charge in [-0.1, -0.05) is 25.1 Å². The first-order valence-corrected chi connectivity index (χ1v) is 13.7. The van der Waals surface area contributed by atoms with E-state index in [0.717, 1.165) is 38.0 Å². The number of ether oxygens (including phenoxy) is 2. The van der Waals surface area contributed by atoms with Crippen LogP contribution in [0.1, 0.15) is 53.4 Å². The molecule has 1 atom stereocenters. The molecule has 9 heteroatoms. The molecular weight excluding hydrogens is 500 g/mol. The number of aliphatic imine (C=N–C) groups is 1. The number of amides is 2. The van der Waals surface area contributed by atoms with Crippen molar-refractivity contribution < 1.29 is 19.1 Å². The Labute approximate surface area is 227 Å². The van der Waals surface area contributed by atoms with Gasteiger partial charge in [-0.05, 0) is 54.7 Å². The number of rotatable bonds is 10. The Morgan fingerprint density at radius 1 is 1.26 bits per heavy atom. The van der Waals surface area contributed by atoms with Crippen molar-refractivity contribution in [3.63, 3.8) is 0 Å². The maximum Gasteiger partial charge on any atom is 0.410 e. The Bertz CT molecular complexity index is 1270. The van der Waals surface area contributed by atoms with Crippen molar-refractivity contribution in [3.05, 3.63) is 75.9 Å². The summed E-state index contributed by atoms with van der Waals surface area (Å²) < 4.78 is 11.1. The van der Waals surface area contributed by atoms with E-state index in [9.17, 15) is 9.59 Å². The van der Waals surface area contributed by atoms with Crippen molar-refractivity contribution in [2.45, 2.75) is 45.6 Å². The second kappa shape index (κ2) is 13.2. The minimum absolute atomic E-state index is 0.0321. The molecule has 38 heavy (non-hydrogen) atoms. The molecule has 3 heterocycles. The molecule has 0 saturated carbocycles. The number of hydrogen-bond acceptors (Lipinski definition) is 7. The third kappa shape index (κ3) is 6.98. The van der Waals surface area contributed by atoms with Gasteiger partial charge in [0, 0.05) is 55.0 Å². The lowest BCUT2D eigenvalue weighted by Crippen LogP contribution is -2.36. The molecule has 0 spiro atoms. The summed E-state index contributed by atoms with van der Waals surface area (Å²) >= 11 is 1.50. The molecule has 3 aromatic rings. The Morgan fingerprint density at radius 2 is 2.13 bits per heavy atom. The monoisotopic (exact) mass is 534 g/mol. The minimum Gasteiger partial charge on any atom is -0.494 e. The number of hydrogen-bond donors (Lipinski definition) is 1. The highest BCUT2D eigenvalue weighted by atomic mass is 32.1. The molecular formula is C29H34N4O4S. The van der Waals surface area contributed by atoms with Gasteiger partial charge in [0.1, 0.15) is 10.8 Å². The third-order valence-electron chi connectivity index (χ3n) is 6.41. The first-order valence-electron chi connectivity index (χ1n) is 12.9. The van der Waals surface area contributed by atoms with Gasteiger partial charge in [0.15, 0.2) is 0 Å². The molecule has 2 aromatic heterocycles. The molecule has 8 nitrogen and oxygen atoms in total. The first-order chi connectivity index (χ1) is 18.5. The summed E-state index contributed by atoms with van der Waals surface area (Å²) in [5.41, 5.74) is 4.00. The number of benzene rings is 1. The van der Waals surface area contributed by atoms with E-state index in [1.807, 2.05) is 56.3 Å². The molecule has 1 aliphatic heterocycles. The number of carbonyl (C=O) groups excluding carboxylic acids is 2. The first kappa shape index (κ1) is 27.3. The average molecular weight is 535 g/mol. The van der Waals surface area contributed by atoms with Crippen LogP contribution in [0, 0.1) is 0 Å². The van der Waals surface area contributed by atoms with Gasteiger partial charge in [-0.25, -0.2) is 4.79 Å². The largest absolute Gasteiger partial charge is 0.494 e. The fourth-order valence-electron chi connectivity index (χ4n) is 4.47. The van der Waals surface area contributed by atoms with Gasteiger partial charge >= 0.3 is 6.09 Å². The Kier molecular flexibility index (Phi) is 9.48. The molecule has 1 aromatic carbocycles. The summed E-state index contributed by atoms with van der Waals surface area (Å²) in [6.07, 6.45) is 4.79. The van der Waals surface area contributed by atoms with E-state index in [0.29, 0.717) is 39.0 Å². The van der Waals surface area contributed by atoms with Crippen LogP contribution in [0.2, 0.25) is 0 Å². The van der Waals surface area contributed by atoms with Gasteiger partial charge in [0.05, 0.1) is 19.8 Å². The normalized spacial score (nSPS) is 13.7. The fourth-order valence-corrected chi connectivity index (χ4v) is 5.73. The summed E-state index contributed by atoms with van der Waals surface area (Å²) in [5, 5.41) is 3.87. The van der Waals surface area contributed by atoms with E-state index in [2.05, 4.69) is 15.3 Å². The molecule has 2 amide bonds. The minimum atomic E-state index is -0.334. The van der Waals surface area contributed by atoms with Gasteiger partial charge in [0.25, 0.3) is 0 Å². The lowest BCUT2D eigenvalue weighted by Gasteiger charge is -2.26. The summed E-state index contributed by atoms with van der Waals surface area (Å²) in [4.78, 5) is 36.9. The molecule has 1 unspecified atom stereocenters. The van der Waals surface area contributed by atoms with Crippen molar-refractivity contribution in [3.8, 4) is 5.75 Å². The molecule has 1 N–H and O–H groups in total. The van der Waals surface area contributed by atoms with Gasteiger partial charge in [0.2, 0.25) is 5.91 Å². The Hall–Kier alpha value is -3.72. The van der Waals surface area contributed by atoms with Crippen LogP contribution < -0.4 is 10.1 Å². The number of anilines is 1. The van der Waals surface area contributed by atoms with Crippen molar-refractivity contribution >= 4 is 34.6 Å². The summed E-state index contributed by atoms with van der Waals surface area (Å²) in [6.45, 7) is 5.87. The van der Waals surface area contributed by atoms with Gasteiger partial charge in [-0.2, -0.15) is 0 Å². The van der Waals surface area contributed by atoms with Crippen molar-refractivity contribution in [1.82, 2.24) is 9.88 Å². The smallest absolute Gasteiger partial charge is 0.410 e. The number of carbonyl (C=O) groups is 2. The lowest BCUT2D eigenvalue weighted by molar-refractivity contribution is -0.116. The molecule has 0 bridgehead atoms. The molecule has 0 aliphatic carbocycles. The number of nitrogens with one attached hydrogen (secondary N) is 1. The second-order valence-electron chi connectivity index (χ2n) is 9.15. The van der Waals surface area contributed by atoms with Crippen LogP contribution in [0.3, 0.4) is 0 Å². The molecule has 0 radical (unpaired) electrons. The van der Waals surface area contributed by atoms with Crippen LogP contribution >= 0.6 is 11.3 Å². The van der Waals surface area contributed by atoms with E-state index in [1.165, 1.54) is 11.3 Å². The highest BCUT2D eigenvalue weighted by Gasteiger charge is 2.28. The number of aromatic nitrogens is 1. The maximum atomic E-state index is 13.0. The van der Waals surface area contributed by atoms with Crippen LogP contribution in [0.25, 0.3) is 0 Å². The molecule has 0 fully saturated rings. The SMILES string of the molecule is CCOc1cccc(C(C)CC(=O)Nc2sc3c(c2C=NC)CCN(C(=O)OCCc2ccccn2)C3)c1. The Balaban J connectivity index is 1.38. The molecule has 1 aliphatic rings. The lowest BCUT2D eigenvalue weighted by atomic mass is 9.97. The van der Waals surface area contributed by atoms with Gasteiger partial charge in [-0.3, -0.25) is 14.8 Å². The highest BCUT2D eigenvalue weighted by Crippen LogP contribution is 2.37. The quantitative estimate of drug-likeness (QED) is 0.349. The molecule has 4 rings (SSSR count). The molecule has 0 saturated heterocycles. The maximum absolute atomic E-state index is 13.0. The van der Waals surface area contributed by atoms with E-state index in [-0.39, 0.29) is 24.5 Å². The number of nitrogens with zero attached hydrogens (tertiary/aromatic N) is 3. The zero-order valence-corrected chi connectivity index (χ0v) is 22.9. The van der Waals surface area contributed by atoms with E-state index in [1.54, 1.807) is 24.4 Å². The second-order valence-corrected chi connectivity index (χ2v) is 10.3. The van der Waals surface area contributed by atoms with Gasteiger partial charge in [-0.15, -0.1) is 11.3 Å². The van der Waals surface area contributed by atoms with Crippen LogP contribution in [-0.4, -0.2) is 54.9 Å². The summed E-state index contributed by atoms with van der Waals surface area (Å²) in [6, 6.07) is 13.6. The van der Waals surface area contributed by atoms with E-state index in [4.69, 9.17) is 9.47 Å². The third-order valence-corrected chi connectivity index (χ3v) is 7.55. The van der Waals surface area contributed by atoms with Crippen LogP contribution in [0.4, 0.5) is 9.80 Å². The zero-order valence-electron chi connectivity index (χ0n) is 22.1. The van der Waals surface area contributed by atoms with Crippen molar-refractivity contribution in [2.24, 2.45) is 4.99 Å². The predicted octanol–water partition coefficient (Wildman–Crippen LogP) is 5.46. The van der Waals surface area contributed by atoms with Crippen molar-refractivity contribution in [1.29, 1.82) is 0 Å². The van der Waals surface area contributed by atoms with Gasteiger partial charge < -0.3 is 19.7 Å².